The first kappa shape index (κ1) is 25.0. The molecule has 0 bridgehead atoms. The lowest BCUT2D eigenvalue weighted by Crippen LogP contribution is -2.56. The summed E-state index contributed by atoms with van der Waals surface area (Å²) in [6, 6.07) is 2.32. The minimum Gasteiger partial charge on any atom is -0.481 e. The number of rotatable bonds is 5. The summed E-state index contributed by atoms with van der Waals surface area (Å²) in [5.41, 5.74) is 0.491. The number of halogens is 3. The van der Waals surface area contributed by atoms with Crippen molar-refractivity contribution in [2.45, 2.75) is 63.6 Å². The number of β-amino-alcohol motifs (C(OH)–C–C–N with tert-alkyl or cyclic N) is 1. The Balaban J connectivity index is 1.75. The first-order chi connectivity index (χ1) is 15.4. The largest absolute Gasteiger partial charge is 0.481 e. The molecule has 0 unspecified atom stereocenters. The Kier molecular flexibility index (Phi) is 7.32. The van der Waals surface area contributed by atoms with Gasteiger partial charge in [-0.2, -0.15) is 13.2 Å². The number of fused-ring (bicyclic) bond motifs is 1. The molecule has 0 aliphatic carbocycles. The van der Waals surface area contributed by atoms with E-state index in [0.717, 1.165) is 0 Å². The number of alkyl carbamates (subject to hydrolysis) is 1. The molecule has 1 saturated heterocycles. The molecule has 0 radical (unpaired) electrons. The van der Waals surface area contributed by atoms with Crippen molar-refractivity contribution < 1.29 is 32.5 Å². The van der Waals surface area contributed by atoms with E-state index in [1.165, 1.54) is 18.2 Å². The van der Waals surface area contributed by atoms with Gasteiger partial charge in [-0.25, -0.2) is 9.78 Å². The Labute approximate surface area is 190 Å². The normalized spacial score (nSPS) is 21.0. The SMILES string of the molecule is COc1ccc2nccc([C@@H](O)CN3CC[C@H](NC(=O)OC(C)(C)C)C[C@H]3C(F)(F)F)c2n1. The van der Waals surface area contributed by atoms with E-state index in [9.17, 15) is 23.1 Å². The zero-order valence-electron chi connectivity index (χ0n) is 19.0. The highest BCUT2D eigenvalue weighted by molar-refractivity contribution is 5.78. The predicted octanol–water partition coefficient (Wildman–Crippen LogP) is 3.59. The summed E-state index contributed by atoms with van der Waals surface area (Å²) >= 11 is 0. The van der Waals surface area contributed by atoms with Crippen LogP contribution in [0.5, 0.6) is 5.88 Å². The summed E-state index contributed by atoms with van der Waals surface area (Å²) in [5, 5.41) is 13.4. The molecule has 1 aliphatic heterocycles. The maximum absolute atomic E-state index is 13.9. The Morgan fingerprint density at radius 3 is 2.67 bits per heavy atom. The Morgan fingerprint density at radius 2 is 2.03 bits per heavy atom. The van der Waals surface area contributed by atoms with Gasteiger partial charge in [0.25, 0.3) is 0 Å². The number of carbonyl (C=O) groups excluding carboxylic acids is 1. The topological polar surface area (TPSA) is 96.8 Å². The summed E-state index contributed by atoms with van der Waals surface area (Å²) in [5.74, 6) is 0.311. The number of aliphatic hydroxyl groups excluding tert-OH is 1. The van der Waals surface area contributed by atoms with Crippen LogP contribution in [0.2, 0.25) is 0 Å². The molecule has 2 N–H and O–H groups in total. The van der Waals surface area contributed by atoms with Crippen LogP contribution < -0.4 is 10.1 Å². The molecule has 2 aromatic heterocycles. The first-order valence-corrected chi connectivity index (χ1v) is 10.7. The van der Waals surface area contributed by atoms with E-state index >= 15 is 0 Å². The molecule has 0 aromatic carbocycles. The number of nitrogens with one attached hydrogen (secondary N) is 1. The molecule has 1 fully saturated rings. The standard InChI is InChI=1S/C22H29F3N4O4/c1-21(2,3)33-20(31)27-13-8-10-29(17(11-13)22(23,24)25)12-16(30)14-7-9-26-15-5-6-18(32-4)28-19(14)15/h5-7,9,13,16-17,30H,8,10-12H2,1-4H3,(H,27,31)/t13-,16-,17-/m0/s1. The van der Waals surface area contributed by atoms with Crippen molar-refractivity contribution in [3.05, 3.63) is 30.0 Å². The second-order valence-electron chi connectivity index (χ2n) is 9.06. The van der Waals surface area contributed by atoms with Crippen molar-refractivity contribution in [2.75, 3.05) is 20.2 Å². The van der Waals surface area contributed by atoms with Crippen molar-refractivity contribution in [3.8, 4) is 5.88 Å². The van der Waals surface area contributed by atoms with Crippen molar-refractivity contribution in [1.29, 1.82) is 0 Å². The molecule has 0 spiro atoms. The van der Waals surface area contributed by atoms with E-state index in [4.69, 9.17) is 9.47 Å². The predicted molar refractivity (Wildman–Crippen MR) is 115 cm³/mol. The molecule has 3 atom stereocenters. The highest BCUT2D eigenvalue weighted by atomic mass is 19.4. The molecule has 1 amide bonds. The van der Waals surface area contributed by atoms with Crippen LogP contribution in [0.15, 0.2) is 24.4 Å². The number of aliphatic hydroxyl groups is 1. The molecule has 182 valence electrons. The highest BCUT2D eigenvalue weighted by Gasteiger charge is 2.47. The fourth-order valence-electron chi connectivity index (χ4n) is 3.91. The van der Waals surface area contributed by atoms with Crippen LogP contribution in [0, 0.1) is 0 Å². The second-order valence-corrected chi connectivity index (χ2v) is 9.06. The summed E-state index contributed by atoms with van der Waals surface area (Å²) in [6.07, 6.45) is -5.07. The number of nitrogens with zero attached hydrogens (tertiary/aromatic N) is 3. The fourth-order valence-corrected chi connectivity index (χ4v) is 3.91. The average Bonchev–Trinajstić information content (AvgIpc) is 2.71. The lowest BCUT2D eigenvalue weighted by atomic mass is 9.95. The number of piperidine rings is 1. The highest BCUT2D eigenvalue weighted by Crippen LogP contribution is 2.34. The van der Waals surface area contributed by atoms with Gasteiger partial charge in [0.15, 0.2) is 0 Å². The van der Waals surface area contributed by atoms with Gasteiger partial charge in [0.05, 0.1) is 24.2 Å². The fraction of sp³-hybridized carbons (Fsp3) is 0.591. The molecule has 11 heteroatoms. The Morgan fingerprint density at radius 1 is 1.30 bits per heavy atom. The smallest absolute Gasteiger partial charge is 0.407 e. The third kappa shape index (κ3) is 6.44. The van der Waals surface area contributed by atoms with E-state index in [1.807, 2.05) is 0 Å². The van der Waals surface area contributed by atoms with E-state index in [2.05, 4.69) is 15.3 Å². The average molecular weight is 470 g/mol. The molecule has 3 heterocycles. The van der Waals surface area contributed by atoms with Gasteiger partial charge in [-0.05, 0) is 45.7 Å². The zero-order chi connectivity index (χ0) is 24.4. The van der Waals surface area contributed by atoms with Gasteiger partial charge < -0.3 is 19.9 Å². The molecule has 33 heavy (non-hydrogen) atoms. The van der Waals surface area contributed by atoms with Gasteiger partial charge in [-0.3, -0.25) is 9.88 Å². The quantitative estimate of drug-likeness (QED) is 0.689. The molecular weight excluding hydrogens is 441 g/mol. The minimum absolute atomic E-state index is 0.0431. The van der Waals surface area contributed by atoms with Gasteiger partial charge >= 0.3 is 12.3 Å². The van der Waals surface area contributed by atoms with Crippen molar-refractivity contribution in [2.24, 2.45) is 0 Å². The lowest BCUT2D eigenvalue weighted by molar-refractivity contribution is -0.196. The van der Waals surface area contributed by atoms with E-state index in [-0.39, 0.29) is 19.5 Å². The van der Waals surface area contributed by atoms with E-state index in [0.29, 0.717) is 28.9 Å². The van der Waals surface area contributed by atoms with Crippen molar-refractivity contribution in [3.63, 3.8) is 0 Å². The number of aromatic nitrogens is 2. The van der Waals surface area contributed by atoms with Crippen LogP contribution in [0.1, 0.15) is 45.3 Å². The Bertz CT molecular complexity index is 980. The third-order valence-corrected chi connectivity index (χ3v) is 5.38. The lowest BCUT2D eigenvalue weighted by Gasteiger charge is -2.41. The van der Waals surface area contributed by atoms with Crippen LogP contribution in [0.3, 0.4) is 0 Å². The number of alkyl halides is 3. The van der Waals surface area contributed by atoms with Crippen LogP contribution in [0.25, 0.3) is 11.0 Å². The summed E-state index contributed by atoms with van der Waals surface area (Å²) in [4.78, 5) is 21.7. The number of hydrogen-bond donors (Lipinski definition) is 2. The number of pyridine rings is 2. The van der Waals surface area contributed by atoms with Crippen molar-refractivity contribution >= 4 is 17.1 Å². The monoisotopic (exact) mass is 470 g/mol. The summed E-state index contributed by atoms with van der Waals surface area (Å²) < 4.78 is 51.9. The van der Waals surface area contributed by atoms with E-state index < -0.39 is 36.1 Å². The number of amides is 1. The molecular formula is C22H29F3N4O4. The summed E-state index contributed by atoms with van der Waals surface area (Å²) in [6.45, 7) is 4.84. The minimum atomic E-state index is -4.53. The molecule has 0 saturated carbocycles. The van der Waals surface area contributed by atoms with Crippen LogP contribution >= 0.6 is 0 Å². The molecule has 3 rings (SSSR count). The zero-order valence-corrected chi connectivity index (χ0v) is 19.0. The molecule has 2 aromatic rings. The maximum Gasteiger partial charge on any atom is 0.407 e. The number of hydrogen-bond acceptors (Lipinski definition) is 7. The molecule has 8 nitrogen and oxygen atoms in total. The second kappa shape index (κ2) is 9.68. The van der Waals surface area contributed by atoms with Gasteiger partial charge in [-0.15, -0.1) is 0 Å². The maximum atomic E-state index is 13.9. The first-order valence-electron chi connectivity index (χ1n) is 10.7. The number of carbonyl (C=O) groups is 1. The van der Waals surface area contributed by atoms with Gasteiger partial charge in [-0.1, -0.05) is 0 Å². The van der Waals surface area contributed by atoms with Crippen LogP contribution in [-0.2, 0) is 4.74 Å². The van der Waals surface area contributed by atoms with Gasteiger partial charge in [0, 0.05) is 37.0 Å². The Hall–Kier alpha value is -2.66. The van der Waals surface area contributed by atoms with Gasteiger partial charge in [0.1, 0.15) is 11.6 Å². The number of methoxy groups -OCH3 is 1. The number of ether oxygens (including phenoxy) is 2. The summed E-state index contributed by atoms with van der Waals surface area (Å²) in [7, 11) is 1.45. The van der Waals surface area contributed by atoms with Crippen molar-refractivity contribution in [1.82, 2.24) is 20.2 Å². The van der Waals surface area contributed by atoms with Crippen LogP contribution in [-0.4, -0.2) is 70.1 Å². The molecule has 1 aliphatic rings. The van der Waals surface area contributed by atoms with Gasteiger partial charge in [0.2, 0.25) is 5.88 Å². The number of likely N-dealkylation sites (tertiary alicyclic amines) is 1. The van der Waals surface area contributed by atoms with E-state index in [1.54, 1.807) is 39.0 Å². The third-order valence-electron chi connectivity index (χ3n) is 5.38. The van der Waals surface area contributed by atoms with Crippen LogP contribution in [0.4, 0.5) is 18.0 Å².